The van der Waals surface area contributed by atoms with Gasteiger partial charge in [0.1, 0.15) is 11.6 Å². The number of likely N-dealkylation sites (tertiary alicyclic amines) is 1. The molecule has 21 heavy (non-hydrogen) atoms. The molecular weight excluding hydrogens is 270 g/mol. The van der Waals surface area contributed by atoms with Crippen LogP contribution in [-0.2, 0) is 0 Å². The van der Waals surface area contributed by atoms with Gasteiger partial charge >= 0.3 is 0 Å². The van der Waals surface area contributed by atoms with Gasteiger partial charge in [-0.2, -0.15) is 0 Å². The number of nitrogens with zero attached hydrogens (tertiary/aromatic N) is 1. The molecule has 1 aromatic carbocycles. The van der Waals surface area contributed by atoms with E-state index in [9.17, 15) is 8.78 Å². The third-order valence-corrected chi connectivity index (χ3v) is 4.75. The molecule has 1 heterocycles. The quantitative estimate of drug-likeness (QED) is 0.914. The maximum Gasteiger partial charge on any atom is 0.126 e. The maximum atomic E-state index is 13.7. The Kier molecular flexibility index (Phi) is 4.55. The van der Waals surface area contributed by atoms with Gasteiger partial charge in [0.05, 0.1) is 0 Å². The van der Waals surface area contributed by atoms with Gasteiger partial charge in [-0.15, -0.1) is 0 Å². The summed E-state index contributed by atoms with van der Waals surface area (Å²) in [5.74, 6) is -0.513. The zero-order chi connectivity index (χ0) is 14.8. The molecule has 2 fully saturated rings. The number of nitrogens with one attached hydrogen (secondary N) is 1. The Bertz CT molecular complexity index is 467. The van der Waals surface area contributed by atoms with Crippen molar-refractivity contribution in [3.05, 3.63) is 35.4 Å². The Morgan fingerprint density at radius 1 is 1.10 bits per heavy atom. The van der Waals surface area contributed by atoms with Gasteiger partial charge in [-0.3, -0.25) is 4.90 Å². The monoisotopic (exact) mass is 294 g/mol. The SMILES string of the molecule is CNCC1CCCCN(C2CC2)C1c1cc(F)cc(F)c1. The highest BCUT2D eigenvalue weighted by molar-refractivity contribution is 5.23. The first-order chi connectivity index (χ1) is 10.2. The smallest absolute Gasteiger partial charge is 0.126 e. The average Bonchev–Trinajstić information content (AvgIpc) is 3.24. The number of rotatable bonds is 4. The molecule has 3 rings (SSSR count). The highest BCUT2D eigenvalue weighted by atomic mass is 19.1. The van der Waals surface area contributed by atoms with Crippen LogP contribution in [0.15, 0.2) is 18.2 Å². The molecule has 0 amide bonds. The van der Waals surface area contributed by atoms with Gasteiger partial charge < -0.3 is 5.32 Å². The lowest BCUT2D eigenvalue weighted by atomic mass is 9.88. The summed E-state index contributed by atoms with van der Waals surface area (Å²) >= 11 is 0. The van der Waals surface area contributed by atoms with Crippen LogP contribution < -0.4 is 5.32 Å². The van der Waals surface area contributed by atoms with Gasteiger partial charge in [0, 0.05) is 18.2 Å². The summed E-state index contributed by atoms with van der Waals surface area (Å²) in [4.78, 5) is 2.50. The lowest BCUT2D eigenvalue weighted by Crippen LogP contribution is -2.37. The topological polar surface area (TPSA) is 15.3 Å². The van der Waals surface area contributed by atoms with E-state index in [1.807, 2.05) is 7.05 Å². The number of hydrogen-bond acceptors (Lipinski definition) is 2. The van der Waals surface area contributed by atoms with E-state index in [-0.39, 0.29) is 6.04 Å². The summed E-state index contributed by atoms with van der Waals surface area (Å²) in [6, 6.07) is 4.76. The van der Waals surface area contributed by atoms with Gasteiger partial charge in [0.15, 0.2) is 0 Å². The third kappa shape index (κ3) is 3.43. The molecule has 1 aromatic rings. The molecule has 2 aliphatic rings. The molecule has 0 spiro atoms. The van der Waals surface area contributed by atoms with Crippen molar-refractivity contribution in [2.24, 2.45) is 5.92 Å². The van der Waals surface area contributed by atoms with Crippen molar-refractivity contribution in [3.63, 3.8) is 0 Å². The standard InChI is InChI=1S/C17H24F2N2/c1-20-11-12-4-2-3-7-21(16-5-6-16)17(12)13-8-14(18)10-15(19)9-13/h8-10,12,16-17,20H,2-7,11H2,1H3. The minimum Gasteiger partial charge on any atom is -0.319 e. The molecule has 116 valence electrons. The normalized spacial score (nSPS) is 27.6. The van der Waals surface area contributed by atoms with Gasteiger partial charge in [-0.05, 0) is 69.4 Å². The van der Waals surface area contributed by atoms with Crippen LogP contribution >= 0.6 is 0 Å². The van der Waals surface area contributed by atoms with Crippen LogP contribution in [0.3, 0.4) is 0 Å². The van der Waals surface area contributed by atoms with E-state index in [1.54, 1.807) is 0 Å². The first-order valence-electron chi connectivity index (χ1n) is 8.05. The van der Waals surface area contributed by atoms with E-state index >= 15 is 0 Å². The molecule has 1 aliphatic carbocycles. The van der Waals surface area contributed by atoms with Gasteiger partial charge in [0.2, 0.25) is 0 Å². The highest BCUT2D eigenvalue weighted by Crippen LogP contribution is 2.42. The number of halogens is 2. The Morgan fingerprint density at radius 3 is 2.43 bits per heavy atom. The van der Waals surface area contributed by atoms with Crippen LogP contribution in [0.2, 0.25) is 0 Å². The van der Waals surface area contributed by atoms with Crippen molar-refractivity contribution in [1.29, 1.82) is 0 Å². The van der Waals surface area contributed by atoms with E-state index in [1.165, 1.54) is 37.8 Å². The molecule has 0 aromatic heterocycles. The summed E-state index contributed by atoms with van der Waals surface area (Å²) < 4.78 is 27.3. The second-order valence-electron chi connectivity index (χ2n) is 6.43. The van der Waals surface area contributed by atoms with Crippen LogP contribution in [0.25, 0.3) is 0 Å². The van der Waals surface area contributed by atoms with Gasteiger partial charge in [-0.25, -0.2) is 8.78 Å². The first-order valence-corrected chi connectivity index (χ1v) is 8.05. The van der Waals surface area contributed by atoms with E-state index in [2.05, 4.69) is 10.2 Å². The van der Waals surface area contributed by atoms with Gasteiger partial charge in [-0.1, -0.05) is 6.42 Å². The molecule has 2 atom stereocenters. The average molecular weight is 294 g/mol. The van der Waals surface area contributed by atoms with Crippen molar-refractivity contribution in [2.45, 2.75) is 44.2 Å². The molecule has 2 nitrogen and oxygen atoms in total. The predicted octanol–water partition coefficient (Wildman–Crippen LogP) is 3.49. The Hall–Kier alpha value is -1.00. The van der Waals surface area contributed by atoms with E-state index < -0.39 is 11.6 Å². The molecule has 0 bridgehead atoms. The molecular formula is C17H24F2N2. The fourth-order valence-corrected chi connectivity index (χ4v) is 3.77. The molecule has 1 N–H and O–H groups in total. The van der Waals surface area contributed by atoms with Crippen LogP contribution in [-0.4, -0.2) is 31.1 Å². The fraction of sp³-hybridized carbons (Fsp3) is 0.647. The number of hydrogen-bond donors (Lipinski definition) is 1. The van der Waals surface area contributed by atoms with E-state index in [4.69, 9.17) is 0 Å². The highest BCUT2D eigenvalue weighted by Gasteiger charge is 2.39. The van der Waals surface area contributed by atoms with Crippen molar-refractivity contribution < 1.29 is 8.78 Å². The predicted molar refractivity (Wildman–Crippen MR) is 80.1 cm³/mol. The fourth-order valence-electron chi connectivity index (χ4n) is 3.77. The zero-order valence-corrected chi connectivity index (χ0v) is 12.6. The maximum absolute atomic E-state index is 13.7. The summed E-state index contributed by atoms with van der Waals surface area (Å²) in [6.45, 7) is 1.94. The Labute approximate surface area is 125 Å². The molecule has 1 saturated carbocycles. The second kappa shape index (κ2) is 6.41. The van der Waals surface area contributed by atoms with Crippen molar-refractivity contribution >= 4 is 0 Å². The third-order valence-electron chi connectivity index (χ3n) is 4.75. The summed E-state index contributed by atoms with van der Waals surface area (Å²) in [6.07, 6.45) is 5.95. The summed E-state index contributed by atoms with van der Waals surface area (Å²) in [5, 5.41) is 3.26. The van der Waals surface area contributed by atoms with Crippen LogP contribution in [0.1, 0.15) is 43.7 Å². The zero-order valence-electron chi connectivity index (χ0n) is 12.6. The Morgan fingerprint density at radius 2 is 1.81 bits per heavy atom. The molecule has 0 radical (unpaired) electrons. The van der Waals surface area contributed by atoms with Crippen molar-refractivity contribution in [3.8, 4) is 0 Å². The molecule has 2 unspecified atom stereocenters. The lowest BCUT2D eigenvalue weighted by molar-refractivity contribution is 0.145. The largest absolute Gasteiger partial charge is 0.319 e. The van der Waals surface area contributed by atoms with Crippen LogP contribution in [0.4, 0.5) is 8.78 Å². The Balaban J connectivity index is 1.96. The minimum absolute atomic E-state index is 0.137. The second-order valence-corrected chi connectivity index (χ2v) is 6.43. The van der Waals surface area contributed by atoms with Gasteiger partial charge in [0.25, 0.3) is 0 Å². The van der Waals surface area contributed by atoms with E-state index in [0.717, 1.165) is 31.1 Å². The van der Waals surface area contributed by atoms with E-state index in [0.29, 0.717) is 12.0 Å². The van der Waals surface area contributed by atoms with Crippen LogP contribution in [0, 0.1) is 17.6 Å². The number of benzene rings is 1. The summed E-state index contributed by atoms with van der Waals surface area (Å²) in [5.41, 5.74) is 0.807. The van der Waals surface area contributed by atoms with Crippen LogP contribution in [0.5, 0.6) is 0 Å². The molecule has 4 heteroatoms. The minimum atomic E-state index is -0.465. The molecule has 1 saturated heterocycles. The summed E-state index contributed by atoms with van der Waals surface area (Å²) in [7, 11) is 1.95. The lowest BCUT2D eigenvalue weighted by Gasteiger charge is -2.36. The first kappa shape index (κ1) is 14.9. The van der Waals surface area contributed by atoms with Crippen molar-refractivity contribution in [1.82, 2.24) is 10.2 Å². The molecule has 1 aliphatic heterocycles. The van der Waals surface area contributed by atoms with Crippen molar-refractivity contribution in [2.75, 3.05) is 20.1 Å².